The Hall–Kier alpha value is -3.24. The lowest BCUT2D eigenvalue weighted by Gasteiger charge is -2.26. The van der Waals surface area contributed by atoms with Crippen LogP contribution in [-0.4, -0.2) is 33.2 Å². The number of anilines is 1. The third kappa shape index (κ3) is 3.84. The van der Waals surface area contributed by atoms with Gasteiger partial charge in [0.2, 0.25) is 0 Å². The number of furan rings is 1. The van der Waals surface area contributed by atoms with Crippen molar-refractivity contribution in [1.29, 1.82) is 0 Å². The molecule has 0 aliphatic carbocycles. The van der Waals surface area contributed by atoms with Crippen LogP contribution in [0.5, 0.6) is 0 Å². The lowest BCUT2D eigenvalue weighted by Crippen LogP contribution is -2.35. The number of carbonyl (C=O) groups is 2. The molecule has 29 heavy (non-hydrogen) atoms. The van der Waals surface area contributed by atoms with Crippen LogP contribution < -0.4 is 5.32 Å². The molecule has 1 aliphatic heterocycles. The van der Waals surface area contributed by atoms with Crippen molar-refractivity contribution in [1.82, 2.24) is 9.88 Å². The van der Waals surface area contributed by atoms with Gasteiger partial charge in [-0.2, -0.15) is 0 Å². The van der Waals surface area contributed by atoms with E-state index in [9.17, 15) is 19.7 Å². The zero-order valence-electron chi connectivity index (χ0n) is 14.8. The van der Waals surface area contributed by atoms with Gasteiger partial charge in [0.05, 0.1) is 23.4 Å². The second-order valence-corrected chi connectivity index (χ2v) is 7.71. The molecule has 1 N–H and O–H groups in total. The molecule has 2 amide bonds. The van der Waals surface area contributed by atoms with Gasteiger partial charge in [-0.15, -0.1) is 0 Å². The van der Waals surface area contributed by atoms with Crippen LogP contribution in [0, 0.1) is 10.1 Å². The van der Waals surface area contributed by atoms with E-state index in [1.807, 2.05) is 0 Å². The number of fused-ring (bicyclic) bond motifs is 1. The Morgan fingerprint density at radius 2 is 2.17 bits per heavy atom. The van der Waals surface area contributed by atoms with Crippen molar-refractivity contribution in [3.63, 3.8) is 0 Å². The zero-order valence-corrected chi connectivity index (χ0v) is 16.3. The van der Waals surface area contributed by atoms with Crippen LogP contribution in [0.3, 0.4) is 0 Å². The van der Waals surface area contributed by atoms with Gasteiger partial charge >= 0.3 is 0 Å². The summed E-state index contributed by atoms with van der Waals surface area (Å²) < 4.78 is 5.06. The van der Waals surface area contributed by atoms with Crippen LogP contribution >= 0.6 is 22.9 Å². The summed E-state index contributed by atoms with van der Waals surface area (Å²) in [4.78, 5) is 42.2. The van der Waals surface area contributed by atoms with Crippen LogP contribution in [0.2, 0.25) is 5.02 Å². The summed E-state index contributed by atoms with van der Waals surface area (Å²) in [5, 5.41) is 14.1. The number of carbonyl (C=O) groups excluding carboxylic acids is 2. The van der Waals surface area contributed by atoms with Gasteiger partial charge in [-0.25, -0.2) is 4.98 Å². The van der Waals surface area contributed by atoms with Crippen molar-refractivity contribution in [3.05, 3.63) is 73.6 Å². The van der Waals surface area contributed by atoms with E-state index in [2.05, 4.69) is 10.3 Å². The molecular weight excluding hydrogens is 420 g/mol. The third-order valence-corrected chi connectivity index (χ3v) is 5.69. The number of hydrogen-bond acceptors (Lipinski definition) is 7. The van der Waals surface area contributed by atoms with Gasteiger partial charge in [0, 0.05) is 29.5 Å². The van der Waals surface area contributed by atoms with E-state index in [4.69, 9.17) is 16.0 Å². The van der Waals surface area contributed by atoms with Gasteiger partial charge in [-0.3, -0.25) is 25.0 Å². The highest BCUT2D eigenvalue weighted by molar-refractivity contribution is 7.15. The minimum absolute atomic E-state index is 0.0214. The van der Waals surface area contributed by atoms with E-state index in [1.165, 1.54) is 35.8 Å². The largest absolute Gasteiger partial charge is 0.459 e. The quantitative estimate of drug-likeness (QED) is 0.495. The molecule has 0 atom stereocenters. The van der Waals surface area contributed by atoms with Gasteiger partial charge in [0.1, 0.15) is 5.02 Å². The van der Waals surface area contributed by atoms with Crippen molar-refractivity contribution in [2.24, 2.45) is 0 Å². The number of rotatable bonds is 4. The minimum atomic E-state index is -0.620. The van der Waals surface area contributed by atoms with E-state index >= 15 is 0 Å². The molecule has 0 fully saturated rings. The summed E-state index contributed by atoms with van der Waals surface area (Å²) in [5.41, 5.74) is 0.701. The van der Waals surface area contributed by atoms with Gasteiger partial charge in [0.25, 0.3) is 17.5 Å². The molecule has 1 aliphatic rings. The average Bonchev–Trinajstić information content (AvgIpc) is 3.36. The molecule has 3 heterocycles. The number of benzene rings is 1. The fourth-order valence-corrected chi connectivity index (χ4v) is 4.16. The fraction of sp³-hybridized carbons (Fsp3) is 0.167. The molecule has 0 spiro atoms. The number of nitro benzene ring substituents is 1. The van der Waals surface area contributed by atoms with Crippen LogP contribution in [0.1, 0.15) is 31.5 Å². The molecular formula is C18H13ClN4O5S. The summed E-state index contributed by atoms with van der Waals surface area (Å²) in [5.74, 6) is -0.549. The Bertz CT molecular complexity index is 1110. The fourth-order valence-electron chi connectivity index (χ4n) is 2.96. The molecule has 9 nitrogen and oxygen atoms in total. The monoisotopic (exact) mass is 432 g/mol. The summed E-state index contributed by atoms with van der Waals surface area (Å²) in [6, 6.07) is 7.16. The number of nitrogens with zero attached hydrogens (tertiary/aromatic N) is 3. The average molecular weight is 433 g/mol. The number of aromatic nitrogens is 1. The number of thiazole rings is 1. The van der Waals surface area contributed by atoms with Crippen LogP contribution in [-0.2, 0) is 13.0 Å². The molecule has 0 radical (unpaired) electrons. The van der Waals surface area contributed by atoms with Crippen molar-refractivity contribution in [3.8, 4) is 0 Å². The topological polar surface area (TPSA) is 119 Å². The van der Waals surface area contributed by atoms with Crippen LogP contribution in [0.15, 0.2) is 41.0 Å². The molecule has 3 aromatic rings. The highest BCUT2D eigenvalue weighted by atomic mass is 35.5. The van der Waals surface area contributed by atoms with Crippen molar-refractivity contribution in [2.45, 2.75) is 13.0 Å². The van der Waals surface area contributed by atoms with E-state index in [0.717, 1.165) is 10.6 Å². The Morgan fingerprint density at radius 3 is 2.90 bits per heavy atom. The SMILES string of the molecule is O=C(Nc1nc2c(s1)CN(C(=O)c1ccc(Cl)c([N+](=O)[O-])c1)CC2)c1ccco1. The molecule has 4 rings (SSSR count). The zero-order chi connectivity index (χ0) is 20.5. The predicted octanol–water partition coefficient (Wildman–Crippen LogP) is 3.75. The van der Waals surface area contributed by atoms with Crippen molar-refractivity contribution >= 4 is 45.6 Å². The van der Waals surface area contributed by atoms with Gasteiger partial charge in [0.15, 0.2) is 10.9 Å². The first-order chi connectivity index (χ1) is 13.9. The van der Waals surface area contributed by atoms with Crippen molar-refractivity contribution in [2.75, 3.05) is 11.9 Å². The number of nitro groups is 1. The maximum atomic E-state index is 12.8. The number of hydrogen-bond donors (Lipinski definition) is 1. The number of nitrogens with one attached hydrogen (secondary N) is 1. The van der Waals surface area contributed by atoms with Gasteiger partial charge in [-0.1, -0.05) is 22.9 Å². The summed E-state index contributed by atoms with van der Waals surface area (Å²) >= 11 is 7.10. The normalized spacial score (nSPS) is 13.1. The lowest BCUT2D eigenvalue weighted by molar-refractivity contribution is -0.384. The number of amides is 2. The molecule has 0 bridgehead atoms. The summed E-state index contributed by atoms with van der Waals surface area (Å²) in [6.45, 7) is 0.719. The third-order valence-electron chi connectivity index (χ3n) is 4.37. The van der Waals surface area contributed by atoms with Gasteiger partial charge in [-0.05, 0) is 24.3 Å². The molecule has 0 saturated heterocycles. The summed E-state index contributed by atoms with van der Waals surface area (Å²) in [7, 11) is 0. The second-order valence-electron chi connectivity index (χ2n) is 6.22. The standard InChI is InChI=1S/C18H13ClN4O5S/c19-11-4-3-10(8-13(11)23(26)27)17(25)22-6-5-12-15(9-22)29-18(20-12)21-16(24)14-2-1-7-28-14/h1-4,7-8H,5-6,9H2,(H,20,21,24). The maximum Gasteiger partial charge on any atom is 0.293 e. The maximum absolute atomic E-state index is 12.8. The highest BCUT2D eigenvalue weighted by Crippen LogP contribution is 2.30. The Kier molecular flexibility index (Phi) is 5.03. The molecule has 148 valence electrons. The number of halogens is 1. The minimum Gasteiger partial charge on any atom is -0.459 e. The highest BCUT2D eigenvalue weighted by Gasteiger charge is 2.27. The van der Waals surface area contributed by atoms with Crippen molar-refractivity contribution < 1.29 is 18.9 Å². The predicted molar refractivity (Wildman–Crippen MR) is 105 cm³/mol. The van der Waals surface area contributed by atoms with E-state index in [0.29, 0.717) is 24.6 Å². The lowest BCUT2D eigenvalue weighted by atomic mass is 10.1. The molecule has 0 unspecified atom stereocenters. The first-order valence-electron chi connectivity index (χ1n) is 8.49. The molecule has 2 aromatic heterocycles. The Balaban J connectivity index is 1.49. The van der Waals surface area contributed by atoms with E-state index in [1.54, 1.807) is 17.0 Å². The second kappa shape index (κ2) is 7.64. The molecule has 1 aromatic carbocycles. The molecule has 0 saturated carbocycles. The van der Waals surface area contributed by atoms with Crippen LogP contribution in [0.25, 0.3) is 0 Å². The smallest absolute Gasteiger partial charge is 0.293 e. The molecule has 11 heteroatoms. The van der Waals surface area contributed by atoms with E-state index in [-0.39, 0.29) is 27.9 Å². The Labute approximate surface area is 173 Å². The first kappa shape index (κ1) is 19.1. The van der Waals surface area contributed by atoms with Gasteiger partial charge < -0.3 is 9.32 Å². The first-order valence-corrected chi connectivity index (χ1v) is 9.68. The van der Waals surface area contributed by atoms with E-state index < -0.39 is 10.8 Å². The Morgan fingerprint density at radius 1 is 1.34 bits per heavy atom. The summed E-state index contributed by atoms with van der Waals surface area (Å²) in [6.07, 6.45) is 1.93. The van der Waals surface area contributed by atoms with Crippen LogP contribution in [0.4, 0.5) is 10.8 Å².